The van der Waals surface area contributed by atoms with E-state index >= 15 is 0 Å². The number of ketones is 1. The topological polar surface area (TPSA) is 20.3 Å². The van der Waals surface area contributed by atoms with Crippen LogP contribution in [-0.2, 0) is 0 Å². The Morgan fingerprint density at radius 3 is 2.33 bits per heavy atom. The predicted octanol–water partition coefficient (Wildman–Crippen LogP) is 3.36. The van der Waals surface area contributed by atoms with E-state index in [9.17, 15) is 4.79 Å². The van der Waals surface area contributed by atoms with E-state index in [1.165, 1.54) is 0 Å². The number of carbonyl (C=O) groups is 1. The Balaban J connectivity index is 0.00000120. The monoisotopic (exact) mass is 259 g/mol. The van der Waals surface area contributed by atoms with Crippen LogP contribution in [0.4, 0.5) is 0 Å². The van der Waals surface area contributed by atoms with Crippen LogP contribution < -0.4 is 0 Å². The van der Waals surface area contributed by atoms with E-state index in [0.29, 0.717) is 0 Å². The minimum Gasteiger partial charge on any atom is -0.374 e. The first-order valence-electron chi connectivity index (χ1n) is 5.64. The molecule has 0 saturated heterocycles. The van der Waals surface area contributed by atoms with Crippen LogP contribution >= 0.6 is 12.4 Å². The van der Waals surface area contributed by atoms with Gasteiger partial charge in [-0.05, 0) is 17.0 Å². The van der Waals surface area contributed by atoms with Gasteiger partial charge < -0.3 is 4.90 Å². The van der Waals surface area contributed by atoms with E-state index in [2.05, 4.69) is 6.07 Å². The minimum absolute atomic E-state index is 0. The van der Waals surface area contributed by atoms with Crippen LogP contribution in [0.3, 0.4) is 0 Å². The second kappa shape index (κ2) is 4.46. The predicted molar refractivity (Wildman–Crippen MR) is 77.2 cm³/mol. The molecule has 2 nitrogen and oxygen atoms in total. The van der Waals surface area contributed by atoms with Crippen LogP contribution in [0.15, 0.2) is 42.1 Å². The molecule has 92 valence electrons. The summed E-state index contributed by atoms with van der Waals surface area (Å²) >= 11 is 0. The van der Waals surface area contributed by atoms with Gasteiger partial charge in [0.1, 0.15) is 0 Å². The number of likely N-dealkylation sites (N-methyl/N-ethyl adjacent to an activating group) is 1. The summed E-state index contributed by atoms with van der Waals surface area (Å²) in [6, 6.07) is 12.0. The fourth-order valence-electron chi connectivity index (χ4n) is 2.36. The Morgan fingerprint density at radius 2 is 1.67 bits per heavy atom. The standard InChI is InChI=1S/C15H13NO.ClH/c1-16(2)13-9-11-7-3-5-10-6-4-8-12(14(10)11)15(13)17;/h3-9H,1-2H3;1H. The van der Waals surface area contributed by atoms with Crippen molar-refractivity contribution in [1.82, 2.24) is 4.90 Å². The molecule has 0 bridgehead atoms. The van der Waals surface area contributed by atoms with E-state index in [-0.39, 0.29) is 18.2 Å². The lowest BCUT2D eigenvalue weighted by Crippen LogP contribution is -2.21. The summed E-state index contributed by atoms with van der Waals surface area (Å²) < 4.78 is 0. The zero-order valence-corrected chi connectivity index (χ0v) is 11.1. The van der Waals surface area contributed by atoms with Gasteiger partial charge in [-0.2, -0.15) is 0 Å². The Hall–Kier alpha value is -1.80. The Kier molecular flexibility index (Phi) is 3.14. The first-order chi connectivity index (χ1) is 8.18. The number of hydrogen-bond acceptors (Lipinski definition) is 2. The summed E-state index contributed by atoms with van der Waals surface area (Å²) in [5, 5.41) is 2.20. The summed E-state index contributed by atoms with van der Waals surface area (Å²) in [5.41, 5.74) is 2.68. The fraction of sp³-hybridized carbons (Fsp3) is 0.133. The molecule has 0 aliphatic heterocycles. The highest BCUT2D eigenvalue weighted by Gasteiger charge is 2.22. The van der Waals surface area contributed by atoms with Gasteiger partial charge in [-0.3, -0.25) is 4.79 Å². The third-order valence-corrected chi connectivity index (χ3v) is 3.19. The van der Waals surface area contributed by atoms with Gasteiger partial charge in [-0.15, -0.1) is 12.4 Å². The molecule has 0 aromatic heterocycles. The summed E-state index contributed by atoms with van der Waals surface area (Å²) in [6.45, 7) is 0. The van der Waals surface area contributed by atoms with Gasteiger partial charge in [-0.25, -0.2) is 0 Å². The van der Waals surface area contributed by atoms with Gasteiger partial charge in [0.05, 0.1) is 5.70 Å². The fourth-order valence-corrected chi connectivity index (χ4v) is 2.36. The molecule has 0 atom stereocenters. The molecule has 18 heavy (non-hydrogen) atoms. The van der Waals surface area contributed by atoms with Crippen LogP contribution in [0.25, 0.3) is 16.8 Å². The lowest BCUT2D eigenvalue weighted by molar-refractivity contribution is 0.101. The Morgan fingerprint density at radius 1 is 1.00 bits per heavy atom. The number of hydrogen-bond donors (Lipinski definition) is 0. The largest absolute Gasteiger partial charge is 0.374 e. The van der Waals surface area contributed by atoms with Gasteiger partial charge in [0.15, 0.2) is 0 Å². The van der Waals surface area contributed by atoms with Crippen molar-refractivity contribution in [3.05, 3.63) is 53.2 Å². The van der Waals surface area contributed by atoms with Crippen LogP contribution in [-0.4, -0.2) is 24.8 Å². The molecule has 3 rings (SSSR count). The molecule has 0 spiro atoms. The SMILES string of the molecule is CN(C)C1=Cc2cccc3cccc(c23)C1=O.Cl. The lowest BCUT2D eigenvalue weighted by atomic mass is 9.90. The maximum atomic E-state index is 12.3. The van der Waals surface area contributed by atoms with Crippen molar-refractivity contribution in [1.29, 1.82) is 0 Å². The molecule has 1 aliphatic rings. The average Bonchev–Trinajstić information content (AvgIpc) is 2.33. The molecule has 1 aliphatic carbocycles. The molecule has 3 heteroatoms. The highest BCUT2D eigenvalue weighted by molar-refractivity contribution is 6.22. The van der Waals surface area contributed by atoms with Crippen molar-refractivity contribution in [3.63, 3.8) is 0 Å². The molecule has 0 unspecified atom stereocenters. The van der Waals surface area contributed by atoms with Crippen molar-refractivity contribution in [2.24, 2.45) is 0 Å². The molecule has 0 N–H and O–H groups in total. The molecule has 2 aromatic carbocycles. The van der Waals surface area contributed by atoms with Crippen molar-refractivity contribution in [2.45, 2.75) is 0 Å². The third-order valence-electron chi connectivity index (χ3n) is 3.19. The zero-order valence-electron chi connectivity index (χ0n) is 10.3. The highest BCUT2D eigenvalue weighted by Crippen LogP contribution is 2.31. The van der Waals surface area contributed by atoms with Crippen molar-refractivity contribution >= 4 is 35.0 Å². The zero-order chi connectivity index (χ0) is 12.0. The second-order valence-corrected chi connectivity index (χ2v) is 4.50. The van der Waals surface area contributed by atoms with E-state index in [0.717, 1.165) is 27.6 Å². The third kappa shape index (κ3) is 1.70. The van der Waals surface area contributed by atoms with Gasteiger partial charge in [-0.1, -0.05) is 36.4 Å². The molecule has 0 radical (unpaired) electrons. The number of rotatable bonds is 1. The first kappa shape index (κ1) is 12.7. The van der Waals surface area contributed by atoms with Gasteiger partial charge in [0.25, 0.3) is 0 Å². The molecule has 0 fully saturated rings. The molecule has 0 amide bonds. The second-order valence-electron chi connectivity index (χ2n) is 4.50. The summed E-state index contributed by atoms with van der Waals surface area (Å²) in [5.74, 6) is 0.110. The number of carbonyl (C=O) groups excluding carboxylic acids is 1. The number of halogens is 1. The number of nitrogens with zero attached hydrogens (tertiary/aromatic N) is 1. The highest BCUT2D eigenvalue weighted by atomic mass is 35.5. The van der Waals surface area contributed by atoms with Crippen molar-refractivity contribution in [3.8, 4) is 0 Å². The quantitative estimate of drug-likeness (QED) is 0.783. The lowest BCUT2D eigenvalue weighted by Gasteiger charge is -2.21. The molecular formula is C15H14ClNO. The smallest absolute Gasteiger partial charge is 0.209 e. The van der Waals surface area contributed by atoms with Gasteiger partial charge in [0, 0.05) is 25.0 Å². The van der Waals surface area contributed by atoms with E-state index < -0.39 is 0 Å². The summed E-state index contributed by atoms with van der Waals surface area (Å²) in [6.07, 6.45) is 1.97. The maximum absolute atomic E-state index is 12.3. The minimum atomic E-state index is 0. The van der Waals surface area contributed by atoms with Crippen LogP contribution in [0.2, 0.25) is 0 Å². The van der Waals surface area contributed by atoms with Crippen molar-refractivity contribution in [2.75, 3.05) is 14.1 Å². The number of allylic oxidation sites excluding steroid dienone is 1. The summed E-state index contributed by atoms with van der Waals surface area (Å²) in [7, 11) is 3.80. The van der Waals surface area contributed by atoms with E-state index in [1.807, 2.05) is 55.4 Å². The Labute approximate surface area is 112 Å². The normalized spacial score (nSPS) is 13.0. The first-order valence-corrected chi connectivity index (χ1v) is 5.64. The molecule has 0 saturated carbocycles. The van der Waals surface area contributed by atoms with Gasteiger partial charge >= 0.3 is 0 Å². The average molecular weight is 260 g/mol. The molecular weight excluding hydrogens is 246 g/mol. The summed E-state index contributed by atoms with van der Waals surface area (Å²) in [4.78, 5) is 14.2. The van der Waals surface area contributed by atoms with E-state index in [4.69, 9.17) is 0 Å². The maximum Gasteiger partial charge on any atom is 0.209 e. The molecule has 0 heterocycles. The van der Waals surface area contributed by atoms with Crippen LogP contribution in [0.1, 0.15) is 15.9 Å². The number of Topliss-reactive ketones (excluding diaryl/α,β-unsaturated/α-hetero) is 1. The number of benzene rings is 2. The van der Waals surface area contributed by atoms with E-state index in [1.54, 1.807) is 0 Å². The van der Waals surface area contributed by atoms with Crippen molar-refractivity contribution < 1.29 is 4.79 Å². The Bertz CT molecular complexity index is 653. The van der Waals surface area contributed by atoms with Crippen LogP contribution in [0, 0.1) is 0 Å². The molecule has 2 aromatic rings. The van der Waals surface area contributed by atoms with Gasteiger partial charge in [0.2, 0.25) is 5.78 Å². The van der Waals surface area contributed by atoms with Crippen LogP contribution in [0.5, 0.6) is 0 Å².